The summed E-state index contributed by atoms with van der Waals surface area (Å²) in [6, 6.07) is 8.73. The van der Waals surface area contributed by atoms with Crippen LogP contribution in [0.1, 0.15) is 59.6 Å². The minimum absolute atomic E-state index is 0.188. The third-order valence-corrected chi connectivity index (χ3v) is 4.79. The van der Waals surface area contributed by atoms with Crippen molar-refractivity contribution < 1.29 is 5.11 Å². The first-order valence-electron chi connectivity index (χ1n) is 9.30. The van der Waals surface area contributed by atoms with Crippen LogP contribution in [0.3, 0.4) is 0 Å². The maximum atomic E-state index is 10.9. The zero-order valence-corrected chi connectivity index (χ0v) is 15.9. The average molecular weight is 329 g/mol. The van der Waals surface area contributed by atoms with Gasteiger partial charge in [-0.05, 0) is 23.8 Å². The Balaban J connectivity index is 0.00000100. The molecular formula is C21H32N2O. The van der Waals surface area contributed by atoms with Gasteiger partial charge in [0.1, 0.15) is 0 Å². The molecule has 3 heteroatoms. The molecule has 1 aliphatic rings. The van der Waals surface area contributed by atoms with Crippen LogP contribution in [0.15, 0.2) is 36.8 Å². The highest BCUT2D eigenvalue weighted by molar-refractivity contribution is 5.69. The predicted octanol–water partition coefficient (Wildman–Crippen LogP) is 5.16. The lowest BCUT2D eigenvalue weighted by Crippen LogP contribution is -2.34. The number of nitrogens with zero attached hydrogens (tertiary/aromatic N) is 2. The number of benzene rings is 1. The number of hydrogen-bond acceptors (Lipinski definition) is 2. The lowest BCUT2D eigenvalue weighted by atomic mass is 9.79. The van der Waals surface area contributed by atoms with Crippen LogP contribution in [0, 0.1) is 17.8 Å². The van der Waals surface area contributed by atoms with Gasteiger partial charge in [-0.2, -0.15) is 0 Å². The first kappa shape index (κ1) is 18.7. The predicted molar refractivity (Wildman–Crippen MR) is 101 cm³/mol. The lowest BCUT2D eigenvalue weighted by Gasteiger charge is -2.33. The van der Waals surface area contributed by atoms with Crippen LogP contribution < -0.4 is 0 Å². The summed E-state index contributed by atoms with van der Waals surface area (Å²) >= 11 is 0. The summed E-state index contributed by atoms with van der Waals surface area (Å²) in [5.41, 5.74) is 3.75. The van der Waals surface area contributed by atoms with E-state index in [-0.39, 0.29) is 24.0 Å². The van der Waals surface area contributed by atoms with Crippen molar-refractivity contribution in [2.75, 3.05) is 0 Å². The van der Waals surface area contributed by atoms with E-state index >= 15 is 0 Å². The van der Waals surface area contributed by atoms with E-state index in [0.29, 0.717) is 5.92 Å². The van der Waals surface area contributed by atoms with E-state index in [9.17, 15) is 5.11 Å². The Labute approximate surface area is 146 Å². The van der Waals surface area contributed by atoms with Gasteiger partial charge in [-0.1, -0.05) is 65.8 Å². The molecule has 0 aliphatic carbocycles. The number of fused-ring (bicyclic) bond motifs is 3. The molecule has 0 saturated heterocycles. The summed E-state index contributed by atoms with van der Waals surface area (Å²) in [5, 5.41) is 10.9. The normalized spacial score (nSPS) is 18.0. The number of imidazole rings is 1. The molecule has 1 N–H and O–H groups in total. The zero-order valence-electron chi connectivity index (χ0n) is 15.9. The number of aliphatic hydroxyl groups excluding tert-OH is 1. The summed E-state index contributed by atoms with van der Waals surface area (Å²) in [6.45, 7) is 12.7. The second kappa shape index (κ2) is 7.98. The lowest BCUT2D eigenvalue weighted by molar-refractivity contribution is 0.0364. The van der Waals surface area contributed by atoms with Gasteiger partial charge < -0.3 is 9.67 Å². The molecule has 2 aromatic rings. The molecule has 0 saturated carbocycles. The summed E-state index contributed by atoms with van der Waals surface area (Å²) in [6.07, 6.45) is 4.55. The summed E-state index contributed by atoms with van der Waals surface area (Å²) in [4.78, 5) is 4.34. The Kier molecular flexibility index (Phi) is 6.22. The maximum absolute atomic E-state index is 10.9. The van der Waals surface area contributed by atoms with Gasteiger partial charge in [-0.15, -0.1) is 0 Å². The fourth-order valence-corrected chi connectivity index (χ4v) is 3.80. The molecule has 0 bridgehead atoms. The van der Waals surface area contributed by atoms with Gasteiger partial charge in [-0.25, -0.2) is 4.98 Å². The van der Waals surface area contributed by atoms with Crippen molar-refractivity contribution in [1.82, 2.24) is 9.55 Å². The summed E-state index contributed by atoms with van der Waals surface area (Å²) < 4.78 is 2.25. The van der Waals surface area contributed by atoms with Crippen LogP contribution in [0.25, 0.3) is 11.3 Å². The average Bonchev–Trinajstić information content (AvgIpc) is 3.14. The summed E-state index contributed by atoms with van der Waals surface area (Å²) in [5.74, 6) is 1.01. The van der Waals surface area contributed by atoms with E-state index in [2.05, 4.69) is 61.5 Å². The van der Waals surface area contributed by atoms with Crippen LogP contribution >= 0.6 is 0 Å². The van der Waals surface area contributed by atoms with E-state index in [4.69, 9.17) is 0 Å². The number of rotatable bonds is 5. The highest BCUT2D eigenvalue weighted by Gasteiger charge is 2.38. The molecule has 1 aliphatic heterocycles. The fourth-order valence-electron chi connectivity index (χ4n) is 3.80. The van der Waals surface area contributed by atoms with Crippen LogP contribution in [-0.2, 0) is 0 Å². The van der Waals surface area contributed by atoms with Crippen LogP contribution in [-0.4, -0.2) is 20.8 Å². The third kappa shape index (κ3) is 3.41. The molecule has 0 fully saturated rings. The van der Waals surface area contributed by atoms with Gasteiger partial charge in [0.25, 0.3) is 0 Å². The van der Waals surface area contributed by atoms with Gasteiger partial charge in [0.2, 0.25) is 0 Å². The molecular weight excluding hydrogens is 296 g/mol. The second-order valence-corrected chi connectivity index (χ2v) is 7.25. The van der Waals surface area contributed by atoms with E-state index in [1.54, 1.807) is 0 Å². The van der Waals surface area contributed by atoms with Crippen molar-refractivity contribution in [3.8, 4) is 11.3 Å². The first-order valence-corrected chi connectivity index (χ1v) is 9.30. The minimum atomic E-state index is -0.311. The van der Waals surface area contributed by atoms with Crippen LogP contribution in [0.5, 0.6) is 0 Å². The number of aromatic nitrogens is 2. The topological polar surface area (TPSA) is 38.0 Å². The van der Waals surface area contributed by atoms with Crippen molar-refractivity contribution in [3.63, 3.8) is 0 Å². The highest BCUT2D eigenvalue weighted by Crippen LogP contribution is 2.46. The Bertz CT molecular complexity index is 645. The van der Waals surface area contributed by atoms with Gasteiger partial charge in [0.15, 0.2) is 0 Å². The minimum Gasteiger partial charge on any atom is -0.392 e. The number of aliphatic hydroxyl groups is 1. The highest BCUT2D eigenvalue weighted by atomic mass is 16.3. The smallest absolute Gasteiger partial charge is 0.0956 e. The molecule has 24 heavy (non-hydrogen) atoms. The molecule has 1 aromatic carbocycles. The molecule has 3 rings (SSSR count). The van der Waals surface area contributed by atoms with Crippen LogP contribution in [0.4, 0.5) is 0 Å². The van der Waals surface area contributed by atoms with Gasteiger partial charge in [0.05, 0.1) is 30.4 Å². The van der Waals surface area contributed by atoms with Crippen LogP contribution in [0.2, 0.25) is 0 Å². The Hall–Kier alpha value is -1.61. The van der Waals surface area contributed by atoms with E-state index in [1.807, 2.05) is 26.4 Å². The van der Waals surface area contributed by atoms with Crippen molar-refractivity contribution in [3.05, 3.63) is 42.4 Å². The molecule has 0 amide bonds. The van der Waals surface area contributed by atoms with E-state index in [1.165, 1.54) is 16.8 Å². The Morgan fingerprint density at radius 3 is 2.42 bits per heavy atom. The first-order chi connectivity index (χ1) is 11.5. The van der Waals surface area contributed by atoms with Gasteiger partial charge in [-0.3, -0.25) is 0 Å². The molecule has 1 aromatic heterocycles. The van der Waals surface area contributed by atoms with E-state index in [0.717, 1.165) is 6.42 Å². The van der Waals surface area contributed by atoms with Gasteiger partial charge in [0, 0.05) is 11.5 Å². The zero-order chi connectivity index (χ0) is 17.9. The van der Waals surface area contributed by atoms with Crippen molar-refractivity contribution in [2.24, 2.45) is 17.8 Å². The largest absolute Gasteiger partial charge is 0.392 e. The molecule has 2 heterocycles. The quantitative estimate of drug-likeness (QED) is 0.823. The third-order valence-electron chi connectivity index (χ3n) is 4.79. The SMILES string of the molecule is CC.CC(C)C[C@H]([C@H]1c2ccccc2-c2cncn21)[C@@H](O)C(C)C. The molecule has 3 nitrogen and oxygen atoms in total. The molecule has 132 valence electrons. The maximum Gasteiger partial charge on any atom is 0.0956 e. The molecule has 0 radical (unpaired) electrons. The van der Waals surface area contributed by atoms with Crippen molar-refractivity contribution >= 4 is 0 Å². The fraction of sp³-hybridized carbons (Fsp3) is 0.571. The Morgan fingerprint density at radius 1 is 1.12 bits per heavy atom. The standard InChI is InChI=1S/C19H26N2O.C2H6/c1-12(2)9-16(19(22)13(3)4)18-15-8-6-5-7-14(15)17-10-20-11-21(17)18;1-2/h5-8,10-13,16,18-19,22H,9H2,1-4H3;1-2H3/t16-,18-,19+;/m1./s1. The Morgan fingerprint density at radius 2 is 1.79 bits per heavy atom. The van der Waals surface area contributed by atoms with E-state index < -0.39 is 0 Å². The van der Waals surface area contributed by atoms with Gasteiger partial charge >= 0.3 is 0 Å². The second-order valence-electron chi connectivity index (χ2n) is 7.25. The van der Waals surface area contributed by atoms with Crippen molar-refractivity contribution in [1.29, 1.82) is 0 Å². The number of hydrogen-bond donors (Lipinski definition) is 1. The summed E-state index contributed by atoms with van der Waals surface area (Å²) in [7, 11) is 0. The molecule has 0 spiro atoms. The van der Waals surface area contributed by atoms with Crippen molar-refractivity contribution in [2.45, 2.75) is 60.1 Å². The monoisotopic (exact) mass is 328 g/mol. The molecule has 3 atom stereocenters. The molecule has 0 unspecified atom stereocenters.